The van der Waals surface area contributed by atoms with Gasteiger partial charge in [0.05, 0.1) is 29.4 Å². The third kappa shape index (κ3) is 5.28. The summed E-state index contributed by atoms with van der Waals surface area (Å²) in [4.78, 5) is 18.2. The first-order valence-electron chi connectivity index (χ1n) is 15.5. The second-order valence-corrected chi connectivity index (χ2v) is 13.5. The van der Waals surface area contributed by atoms with Crippen molar-refractivity contribution in [2.24, 2.45) is 11.7 Å². The number of ether oxygens (including phenoxy) is 2. The number of hydrogen-bond acceptors (Lipinski definition) is 7. The van der Waals surface area contributed by atoms with Crippen LogP contribution in [0.3, 0.4) is 0 Å². The van der Waals surface area contributed by atoms with Crippen molar-refractivity contribution in [3.8, 4) is 22.8 Å². The van der Waals surface area contributed by atoms with E-state index in [9.17, 15) is 27.5 Å². The van der Waals surface area contributed by atoms with E-state index in [2.05, 4.69) is 10.3 Å². The number of aliphatic hydroxyl groups is 1. The number of carbonyl (C=O) groups is 1. The highest BCUT2D eigenvalue weighted by atomic mass is 35.5. The van der Waals surface area contributed by atoms with Crippen LogP contribution in [0.25, 0.3) is 22.2 Å². The minimum Gasteiger partial charge on any atom is -0.488 e. The Morgan fingerprint density at radius 1 is 1.15 bits per heavy atom. The summed E-state index contributed by atoms with van der Waals surface area (Å²) in [6.45, 7) is -1.27. The third-order valence-electron chi connectivity index (χ3n) is 9.40. The first-order valence-corrected chi connectivity index (χ1v) is 15.9. The Balaban J connectivity index is 1.16. The molecule has 246 valence electrons. The molecule has 2 unspecified atom stereocenters. The normalized spacial score (nSPS) is 22.1. The van der Waals surface area contributed by atoms with Crippen LogP contribution in [-0.2, 0) is 11.1 Å². The van der Waals surface area contributed by atoms with Crippen LogP contribution in [0.15, 0.2) is 42.6 Å². The molecule has 0 bridgehead atoms. The number of hydrogen-bond donors (Lipinski definition) is 3. The van der Waals surface area contributed by atoms with Gasteiger partial charge in [-0.25, -0.2) is 9.37 Å². The van der Waals surface area contributed by atoms with Crippen LogP contribution >= 0.6 is 11.6 Å². The largest absolute Gasteiger partial charge is 0.488 e. The summed E-state index contributed by atoms with van der Waals surface area (Å²) >= 11 is 6.02. The lowest BCUT2D eigenvalue weighted by Crippen LogP contribution is -2.52. The van der Waals surface area contributed by atoms with Gasteiger partial charge in [-0.2, -0.15) is 18.3 Å². The van der Waals surface area contributed by atoms with Crippen LogP contribution in [0.5, 0.6) is 11.5 Å². The topological polar surface area (TPSA) is 125 Å². The molecule has 3 heterocycles. The second kappa shape index (κ2) is 10.5. The van der Waals surface area contributed by atoms with Gasteiger partial charge in [-0.05, 0) is 80.8 Å². The molecule has 9 nitrogen and oxygen atoms in total. The van der Waals surface area contributed by atoms with E-state index in [1.54, 1.807) is 12.1 Å². The Bertz CT molecular complexity index is 1940. The molecular formula is C33H30ClF4N5O4. The molecule has 4 aliphatic rings. The highest BCUT2D eigenvalue weighted by molar-refractivity contribution is 6.31. The Hall–Kier alpha value is -3.94. The SMILES string of the molecule is NC1(C(F)(F)F)COc2c1cc(C(O)(CNC(=O)c1cc(OC3CC3)c3nn(C4CC4)cc3c1)C1CC1)nc2-c1ccc(F)c(Cl)c1. The number of alkyl halides is 3. The molecule has 4 aromatic rings. The number of benzene rings is 2. The zero-order valence-corrected chi connectivity index (χ0v) is 25.7. The molecule has 3 aliphatic carbocycles. The molecule has 14 heteroatoms. The quantitative estimate of drug-likeness (QED) is 0.189. The van der Waals surface area contributed by atoms with Crippen LogP contribution in [0.2, 0.25) is 5.02 Å². The number of nitrogens with one attached hydrogen (secondary N) is 1. The van der Waals surface area contributed by atoms with Gasteiger partial charge in [0.15, 0.2) is 11.3 Å². The molecule has 2 aromatic heterocycles. The molecular weight excluding hydrogens is 642 g/mol. The van der Waals surface area contributed by atoms with E-state index in [-0.39, 0.29) is 45.9 Å². The summed E-state index contributed by atoms with van der Waals surface area (Å²) in [5.74, 6) is -1.38. The van der Waals surface area contributed by atoms with E-state index < -0.39 is 47.1 Å². The van der Waals surface area contributed by atoms with Crippen molar-refractivity contribution in [2.75, 3.05) is 13.2 Å². The molecule has 0 radical (unpaired) electrons. The van der Waals surface area contributed by atoms with Gasteiger partial charge in [0.1, 0.15) is 35.0 Å². The maximum absolute atomic E-state index is 14.4. The molecule has 3 fully saturated rings. The zero-order chi connectivity index (χ0) is 32.9. The molecule has 3 saturated carbocycles. The summed E-state index contributed by atoms with van der Waals surface area (Å²) in [6, 6.07) is 8.36. The maximum atomic E-state index is 14.4. The monoisotopic (exact) mass is 671 g/mol. The van der Waals surface area contributed by atoms with E-state index in [1.165, 1.54) is 12.1 Å². The van der Waals surface area contributed by atoms with Crippen molar-refractivity contribution >= 4 is 28.4 Å². The number of nitrogens with zero attached hydrogens (tertiary/aromatic N) is 3. The molecule has 8 rings (SSSR count). The van der Waals surface area contributed by atoms with Gasteiger partial charge in [-0.3, -0.25) is 9.48 Å². The number of halogens is 5. The van der Waals surface area contributed by atoms with Gasteiger partial charge in [0, 0.05) is 28.3 Å². The smallest absolute Gasteiger partial charge is 0.414 e. The van der Waals surface area contributed by atoms with Crippen molar-refractivity contribution in [2.45, 2.75) is 68.0 Å². The van der Waals surface area contributed by atoms with E-state index in [0.29, 0.717) is 30.1 Å². The Kier molecular flexibility index (Phi) is 6.81. The first-order chi connectivity index (χ1) is 22.3. The van der Waals surface area contributed by atoms with Crippen molar-refractivity contribution in [1.29, 1.82) is 0 Å². The number of nitrogens with two attached hydrogens (primary N) is 1. The van der Waals surface area contributed by atoms with Crippen molar-refractivity contribution < 1.29 is 36.9 Å². The molecule has 2 atom stereocenters. The lowest BCUT2D eigenvalue weighted by atomic mass is 9.86. The van der Waals surface area contributed by atoms with Crippen LogP contribution in [-0.4, -0.2) is 51.2 Å². The molecule has 1 amide bonds. The summed E-state index contributed by atoms with van der Waals surface area (Å²) in [5.41, 5.74) is 1.67. The third-order valence-corrected chi connectivity index (χ3v) is 9.69. The summed E-state index contributed by atoms with van der Waals surface area (Å²) < 4.78 is 70.6. The Morgan fingerprint density at radius 3 is 2.57 bits per heavy atom. The van der Waals surface area contributed by atoms with E-state index in [0.717, 1.165) is 43.2 Å². The van der Waals surface area contributed by atoms with E-state index >= 15 is 0 Å². The zero-order valence-electron chi connectivity index (χ0n) is 24.9. The number of fused-ring (bicyclic) bond motifs is 2. The maximum Gasteiger partial charge on any atom is 0.414 e. The van der Waals surface area contributed by atoms with Gasteiger partial charge in [0.2, 0.25) is 0 Å². The van der Waals surface area contributed by atoms with Gasteiger partial charge in [-0.1, -0.05) is 11.6 Å². The first kappa shape index (κ1) is 30.4. The van der Waals surface area contributed by atoms with Crippen LogP contribution < -0.4 is 20.5 Å². The van der Waals surface area contributed by atoms with Crippen molar-refractivity contribution in [1.82, 2.24) is 20.1 Å². The standard InChI is InChI=1S/C33H30ClF4N5O4/c34-23-10-16(1-8-24(23)35)28-29-22(32(39,15-46-29)33(36,37)38)12-26(41-28)31(45,19-2-3-19)14-40-30(44)17-9-18-13-43(20-4-5-20)42-27(18)25(11-17)47-21-6-7-21/h1,8-13,19-21,45H,2-7,14-15,39H2,(H,40,44). The van der Waals surface area contributed by atoms with E-state index in [4.69, 9.17) is 31.9 Å². The van der Waals surface area contributed by atoms with Gasteiger partial charge < -0.3 is 25.6 Å². The fourth-order valence-corrected chi connectivity index (χ4v) is 6.31. The average molecular weight is 672 g/mol. The average Bonchev–Trinajstić information content (AvgIpc) is 3.91. The molecule has 0 spiro atoms. The predicted octanol–water partition coefficient (Wildman–Crippen LogP) is 5.90. The van der Waals surface area contributed by atoms with Crippen molar-refractivity contribution in [3.05, 3.63) is 70.3 Å². The van der Waals surface area contributed by atoms with E-state index in [1.807, 2.05) is 10.9 Å². The van der Waals surface area contributed by atoms with Crippen LogP contribution in [0.4, 0.5) is 17.6 Å². The fraction of sp³-hybridized carbons (Fsp3) is 0.424. The number of carbonyl (C=O) groups excluding carboxylic acids is 1. The number of aromatic nitrogens is 3. The molecule has 2 aromatic carbocycles. The lowest BCUT2D eigenvalue weighted by molar-refractivity contribution is -0.191. The van der Waals surface area contributed by atoms with Crippen molar-refractivity contribution in [3.63, 3.8) is 0 Å². The minimum atomic E-state index is -4.91. The number of pyridine rings is 1. The van der Waals surface area contributed by atoms with Crippen LogP contribution in [0, 0.1) is 11.7 Å². The second-order valence-electron chi connectivity index (χ2n) is 13.1. The van der Waals surface area contributed by atoms with Gasteiger partial charge in [-0.15, -0.1) is 0 Å². The van der Waals surface area contributed by atoms with Gasteiger partial charge >= 0.3 is 6.18 Å². The number of amides is 1. The molecule has 0 saturated heterocycles. The highest BCUT2D eigenvalue weighted by Gasteiger charge is 2.59. The Morgan fingerprint density at radius 2 is 1.91 bits per heavy atom. The summed E-state index contributed by atoms with van der Waals surface area (Å²) in [7, 11) is 0. The minimum absolute atomic E-state index is 0.0638. The lowest BCUT2D eigenvalue weighted by Gasteiger charge is -2.31. The van der Waals surface area contributed by atoms with Gasteiger partial charge in [0.25, 0.3) is 5.91 Å². The van der Waals surface area contributed by atoms with Crippen LogP contribution in [0.1, 0.15) is 66.2 Å². The molecule has 1 aliphatic heterocycles. The summed E-state index contributed by atoms with van der Waals surface area (Å²) in [6.07, 6.45) is 2.05. The molecule has 4 N–H and O–H groups in total. The predicted molar refractivity (Wildman–Crippen MR) is 163 cm³/mol. The molecule has 47 heavy (non-hydrogen) atoms. The fourth-order valence-electron chi connectivity index (χ4n) is 6.13. The highest BCUT2D eigenvalue weighted by Crippen LogP contribution is 2.52. The number of rotatable bonds is 9. The Labute approximate surface area is 271 Å². The summed E-state index contributed by atoms with van der Waals surface area (Å²) in [5, 5.41) is 20.1.